The van der Waals surface area contributed by atoms with Gasteiger partial charge in [-0.1, -0.05) is 24.3 Å². The van der Waals surface area contributed by atoms with E-state index < -0.39 is 23.4 Å². The fourth-order valence-corrected chi connectivity index (χ4v) is 3.65. The summed E-state index contributed by atoms with van der Waals surface area (Å²) in [4.78, 5) is 25.4. The average Bonchev–Trinajstić information content (AvgIpc) is 3.12. The average molecular weight is 385 g/mol. The van der Waals surface area contributed by atoms with Gasteiger partial charge in [0.15, 0.2) is 0 Å². The van der Waals surface area contributed by atoms with Crippen LogP contribution in [0.1, 0.15) is 41.3 Å². The molecule has 0 radical (unpaired) electrons. The largest absolute Gasteiger partial charge is 0.475 e. The Hall–Kier alpha value is -3.06. The number of aliphatic carboxylic acids is 1. The number of halogens is 2. The van der Waals surface area contributed by atoms with Gasteiger partial charge in [0.05, 0.1) is 22.7 Å². The lowest BCUT2D eigenvalue weighted by atomic mass is 9.96. The number of carbonyl (C=O) groups is 2. The summed E-state index contributed by atoms with van der Waals surface area (Å²) in [6.45, 7) is 0.695. The second kappa shape index (κ2) is 7.16. The number of carboxylic acids is 1. The van der Waals surface area contributed by atoms with Gasteiger partial charge in [-0.3, -0.25) is 4.79 Å². The third-order valence-corrected chi connectivity index (χ3v) is 5.05. The Kier molecular flexibility index (Phi) is 4.68. The molecule has 144 valence electrons. The highest BCUT2D eigenvalue weighted by molar-refractivity contribution is 6.42. The van der Waals surface area contributed by atoms with Crippen molar-refractivity contribution in [2.75, 3.05) is 6.61 Å². The molecule has 1 saturated heterocycles. The minimum absolute atomic E-state index is 0.0237. The summed E-state index contributed by atoms with van der Waals surface area (Å²) in [6, 6.07) is 7.81. The van der Waals surface area contributed by atoms with E-state index in [1.165, 1.54) is 0 Å². The molecule has 4 rings (SSSR count). The maximum Gasteiger partial charge on any atom is 0.377 e. The molecule has 2 N–H and O–H groups in total. The molecule has 0 amide bonds. The number of rotatable bonds is 4. The number of hydrogen-bond acceptors (Lipinski definition) is 3. The van der Waals surface area contributed by atoms with Crippen LogP contribution in [0.25, 0.3) is 22.0 Å². The van der Waals surface area contributed by atoms with Crippen LogP contribution in [-0.4, -0.2) is 28.4 Å². The standard InChI is InChI=1S/C21H17F2NO4/c22-14-9-15-18(13(10-24-15)20(25)21(26)27)19(23)17(14)12-6-4-11(5-7-12)16-3-1-2-8-28-16/h4-7,9-10,16,24H,1-3,8H2,(H,26,27). The predicted octanol–water partition coefficient (Wildman–Crippen LogP) is 4.62. The monoisotopic (exact) mass is 385 g/mol. The molecule has 1 aliphatic heterocycles. The Bertz CT molecular complexity index is 1070. The number of fused-ring (bicyclic) bond motifs is 1. The molecule has 3 aromatic rings. The molecule has 0 bridgehead atoms. The van der Waals surface area contributed by atoms with Crippen molar-refractivity contribution < 1.29 is 28.2 Å². The molecule has 28 heavy (non-hydrogen) atoms. The van der Waals surface area contributed by atoms with Crippen LogP contribution >= 0.6 is 0 Å². The Labute approximate surface area is 158 Å². The lowest BCUT2D eigenvalue weighted by Crippen LogP contribution is -2.12. The first-order valence-corrected chi connectivity index (χ1v) is 8.96. The first-order chi connectivity index (χ1) is 13.5. The van der Waals surface area contributed by atoms with E-state index in [0.29, 0.717) is 12.2 Å². The quantitative estimate of drug-likeness (QED) is 0.507. The normalized spacial score (nSPS) is 17.0. The topological polar surface area (TPSA) is 79.4 Å². The molecule has 0 aliphatic carbocycles. The number of aromatic amines is 1. The minimum atomic E-state index is -1.71. The van der Waals surface area contributed by atoms with Gasteiger partial charge in [-0.25, -0.2) is 13.6 Å². The summed E-state index contributed by atoms with van der Waals surface area (Å²) in [5, 5.41) is 8.69. The van der Waals surface area contributed by atoms with E-state index in [4.69, 9.17) is 9.84 Å². The summed E-state index contributed by atoms with van der Waals surface area (Å²) in [6.07, 6.45) is 4.05. The van der Waals surface area contributed by atoms with Crippen molar-refractivity contribution >= 4 is 22.7 Å². The van der Waals surface area contributed by atoms with Crippen molar-refractivity contribution in [3.8, 4) is 11.1 Å². The second-order valence-corrected chi connectivity index (χ2v) is 6.78. The summed E-state index contributed by atoms with van der Waals surface area (Å²) in [5.74, 6) is -4.74. The molecular weight excluding hydrogens is 368 g/mol. The number of H-pyrrole nitrogens is 1. The van der Waals surface area contributed by atoms with Crippen molar-refractivity contribution in [3.63, 3.8) is 0 Å². The Morgan fingerprint density at radius 2 is 1.89 bits per heavy atom. The van der Waals surface area contributed by atoms with Crippen LogP contribution in [-0.2, 0) is 9.53 Å². The predicted molar refractivity (Wildman–Crippen MR) is 98.2 cm³/mol. The summed E-state index contributed by atoms with van der Waals surface area (Å²) in [7, 11) is 0. The van der Waals surface area contributed by atoms with E-state index in [1.54, 1.807) is 24.3 Å². The minimum Gasteiger partial charge on any atom is -0.475 e. The molecule has 1 aliphatic rings. The number of nitrogens with one attached hydrogen (secondary N) is 1. The van der Waals surface area contributed by atoms with Crippen LogP contribution in [0.15, 0.2) is 36.5 Å². The van der Waals surface area contributed by atoms with E-state index in [0.717, 1.165) is 37.1 Å². The van der Waals surface area contributed by atoms with Gasteiger partial charge in [0.25, 0.3) is 5.78 Å². The van der Waals surface area contributed by atoms with Gasteiger partial charge in [0, 0.05) is 18.2 Å². The molecule has 0 saturated carbocycles. The number of ether oxygens (including phenoxy) is 1. The van der Waals surface area contributed by atoms with Gasteiger partial charge in [-0.15, -0.1) is 0 Å². The highest BCUT2D eigenvalue weighted by atomic mass is 19.1. The summed E-state index contributed by atoms with van der Waals surface area (Å²) < 4.78 is 35.5. The smallest absolute Gasteiger partial charge is 0.377 e. The Morgan fingerprint density at radius 3 is 2.54 bits per heavy atom. The van der Waals surface area contributed by atoms with Gasteiger partial charge in [0.2, 0.25) is 0 Å². The molecule has 1 aromatic heterocycles. The summed E-state index contributed by atoms with van der Waals surface area (Å²) in [5.41, 5.74) is 0.617. The van der Waals surface area contributed by atoms with Crippen LogP contribution in [0.4, 0.5) is 8.78 Å². The van der Waals surface area contributed by atoms with Crippen LogP contribution in [0.5, 0.6) is 0 Å². The van der Waals surface area contributed by atoms with Crippen molar-refractivity contribution in [1.82, 2.24) is 4.98 Å². The van der Waals surface area contributed by atoms with Gasteiger partial charge in [-0.2, -0.15) is 0 Å². The maximum atomic E-state index is 15.2. The van der Waals surface area contributed by atoms with E-state index in [1.807, 2.05) is 0 Å². The van der Waals surface area contributed by atoms with E-state index in [-0.39, 0.29) is 28.1 Å². The number of carboxylic acid groups (broad SMARTS) is 1. The second-order valence-electron chi connectivity index (χ2n) is 6.78. The third-order valence-electron chi connectivity index (χ3n) is 5.05. The van der Waals surface area contributed by atoms with Crippen molar-refractivity contribution in [1.29, 1.82) is 0 Å². The molecular formula is C21H17F2NO4. The summed E-state index contributed by atoms with van der Waals surface area (Å²) >= 11 is 0. The lowest BCUT2D eigenvalue weighted by molar-refractivity contribution is -0.131. The first kappa shape index (κ1) is 18.3. The first-order valence-electron chi connectivity index (χ1n) is 8.96. The highest BCUT2D eigenvalue weighted by Crippen LogP contribution is 2.35. The number of hydrogen-bond donors (Lipinski definition) is 2. The molecule has 1 fully saturated rings. The third kappa shape index (κ3) is 3.07. The molecule has 1 atom stereocenters. The van der Waals surface area contributed by atoms with Crippen LogP contribution in [0.3, 0.4) is 0 Å². The SMILES string of the molecule is O=C(O)C(=O)c1c[nH]c2cc(F)c(-c3ccc(C4CCCCO4)cc3)c(F)c12. The van der Waals surface area contributed by atoms with Crippen LogP contribution < -0.4 is 0 Å². The van der Waals surface area contributed by atoms with Crippen molar-refractivity contribution in [3.05, 3.63) is 59.3 Å². The molecule has 5 nitrogen and oxygen atoms in total. The van der Waals surface area contributed by atoms with E-state index in [2.05, 4.69) is 4.98 Å². The zero-order chi connectivity index (χ0) is 19.8. The molecule has 2 aromatic carbocycles. The highest BCUT2D eigenvalue weighted by Gasteiger charge is 2.25. The fraction of sp³-hybridized carbons (Fsp3) is 0.238. The molecule has 1 unspecified atom stereocenters. The van der Waals surface area contributed by atoms with Gasteiger partial charge < -0.3 is 14.8 Å². The number of aromatic nitrogens is 1. The van der Waals surface area contributed by atoms with Crippen LogP contribution in [0.2, 0.25) is 0 Å². The van der Waals surface area contributed by atoms with E-state index in [9.17, 15) is 14.0 Å². The van der Waals surface area contributed by atoms with Crippen molar-refractivity contribution in [2.45, 2.75) is 25.4 Å². The van der Waals surface area contributed by atoms with Gasteiger partial charge >= 0.3 is 5.97 Å². The van der Waals surface area contributed by atoms with Gasteiger partial charge in [-0.05, 0) is 36.5 Å². The Morgan fingerprint density at radius 1 is 1.14 bits per heavy atom. The molecule has 7 heteroatoms. The number of benzene rings is 2. The number of Topliss-reactive ketones (excluding diaryl/α,β-unsaturated/α-hetero) is 1. The zero-order valence-corrected chi connectivity index (χ0v) is 14.8. The Balaban J connectivity index is 1.78. The molecule has 2 heterocycles. The van der Waals surface area contributed by atoms with E-state index >= 15 is 4.39 Å². The maximum absolute atomic E-state index is 15.2. The van der Waals surface area contributed by atoms with Crippen LogP contribution in [0, 0.1) is 11.6 Å². The molecule has 0 spiro atoms. The van der Waals surface area contributed by atoms with Gasteiger partial charge in [0.1, 0.15) is 11.6 Å². The zero-order valence-electron chi connectivity index (χ0n) is 14.8. The lowest BCUT2D eigenvalue weighted by Gasteiger charge is -2.23. The number of carbonyl (C=O) groups excluding carboxylic acids is 1. The van der Waals surface area contributed by atoms with Crippen molar-refractivity contribution in [2.24, 2.45) is 0 Å². The fourth-order valence-electron chi connectivity index (χ4n) is 3.65. The number of ketones is 1.